The molecule has 0 atom stereocenters. The predicted octanol–water partition coefficient (Wildman–Crippen LogP) is 4.89. The molecule has 1 amide bonds. The van der Waals surface area contributed by atoms with Gasteiger partial charge in [-0.25, -0.2) is 9.37 Å². The highest BCUT2D eigenvalue weighted by molar-refractivity contribution is 6.31. The van der Waals surface area contributed by atoms with Crippen molar-refractivity contribution < 1.29 is 13.9 Å². The first-order valence-electron chi connectivity index (χ1n) is 11.0. The van der Waals surface area contributed by atoms with Gasteiger partial charge in [0.15, 0.2) is 5.82 Å². The predicted molar refractivity (Wildman–Crippen MR) is 144 cm³/mol. The molecule has 36 heavy (non-hydrogen) atoms. The fourth-order valence-corrected chi connectivity index (χ4v) is 3.43. The number of ether oxygens (including phenoxy) is 1. The molecule has 1 heterocycles. The van der Waals surface area contributed by atoms with Crippen molar-refractivity contribution >= 4 is 52.0 Å². The number of rotatable bonds is 11. The molecular formula is C25H29ClFN7O2. The number of aromatic nitrogens is 2. The first kappa shape index (κ1) is 26.7. The van der Waals surface area contributed by atoms with E-state index in [1.165, 1.54) is 18.3 Å². The average Bonchev–Trinajstić information content (AvgIpc) is 2.85. The molecule has 0 saturated heterocycles. The molecule has 0 unspecified atom stereocenters. The topological polar surface area (TPSA) is 94.6 Å². The zero-order valence-electron chi connectivity index (χ0n) is 20.6. The van der Waals surface area contributed by atoms with Gasteiger partial charge in [-0.1, -0.05) is 24.2 Å². The van der Waals surface area contributed by atoms with Crippen molar-refractivity contribution in [1.29, 1.82) is 0 Å². The minimum atomic E-state index is -0.578. The Hall–Kier alpha value is -3.89. The molecular weight excluding hydrogens is 485 g/mol. The van der Waals surface area contributed by atoms with E-state index in [9.17, 15) is 9.18 Å². The van der Waals surface area contributed by atoms with Crippen LogP contribution in [0.3, 0.4) is 0 Å². The van der Waals surface area contributed by atoms with Gasteiger partial charge in [-0.05, 0) is 44.4 Å². The number of methoxy groups -OCH3 is 1. The maximum atomic E-state index is 14.3. The lowest BCUT2D eigenvalue weighted by Crippen LogP contribution is -2.29. The molecule has 0 saturated carbocycles. The molecule has 0 aliphatic rings. The number of nitrogens with zero attached hydrogens (tertiary/aromatic N) is 4. The second-order valence-corrected chi connectivity index (χ2v) is 8.51. The third kappa shape index (κ3) is 6.83. The molecule has 0 spiro atoms. The van der Waals surface area contributed by atoms with Crippen LogP contribution >= 0.6 is 11.6 Å². The molecule has 3 rings (SSSR count). The van der Waals surface area contributed by atoms with Crippen LogP contribution in [-0.2, 0) is 4.79 Å². The average molecular weight is 514 g/mol. The number of hydrogen-bond acceptors (Lipinski definition) is 8. The first-order chi connectivity index (χ1) is 17.2. The van der Waals surface area contributed by atoms with Crippen LogP contribution in [0.5, 0.6) is 5.75 Å². The van der Waals surface area contributed by atoms with Crippen molar-refractivity contribution in [3.8, 4) is 5.75 Å². The smallest absolute Gasteiger partial charge is 0.247 e. The number of anilines is 6. The number of hydrogen-bond donors (Lipinski definition) is 3. The summed E-state index contributed by atoms with van der Waals surface area (Å²) in [6, 6.07) is 9.81. The van der Waals surface area contributed by atoms with E-state index in [1.54, 1.807) is 31.4 Å². The zero-order valence-corrected chi connectivity index (χ0v) is 21.4. The molecule has 11 heteroatoms. The fourth-order valence-electron chi connectivity index (χ4n) is 3.25. The molecule has 0 fully saturated rings. The van der Waals surface area contributed by atoms with Crippen molar-refractivity contribution in [1.82, 2.24) is 14.9 Å². The van der Waals surface area contributed by atoms with E-state index in [-0.39, 0.29) is 22.6 Å². The highest BCUT2D eigenvalue weighted by Gasteiger charge is 2.17. The van der Waals surface area contributed by atoms with Gasteiger partial charge in [0.05, 0.1) is 34.9 Å². The summed E-state index contributed by atoms with van der Waals surface area (Å²) in [6.45, 7) is 5.07. The van der Waals surface area contributed by atoms with E-state index < -0.39 is 5.82 Å². The molecule has 0 bridgehead atoms. The van der Waals surface area contributed by atoms with E-state index in [1.807, 2.05) is 32.1 Å². The van der Waals surface area contributed by atoms with Gasteiger partial charge in [0.25, 0.3) is 0 Å². The molecule has 2 aromatic carbocycles. The first-order valence-corrected chi connectivity index (χ1v) is 11.4. The molecule has 9 nitrogen and oxygen atoms in total. The normalized spacial score (nSPS) is 10.6. The minimum absolute atomic E-state index is 0.00174. The van der Waals surface area contributed by atoms with E-state index in [4.69, 9.17) is 16.3 Å². The fraction of sp³-hybridized carbons (Fsp3) is 0.240. The van der Waals surface area contributed by atoms with Gasteiger partial charge in [0.2, 0.25) is 11.9 Å². The Morgan fingerprint density at radius 1 is 1.14 bits per heavy atom. The van der Waals surface area contributed by atoms with E-state index in [2.05, 4.69) is 37.4 Å². The van der Waals surface area contributed by atoms with Gasteiger partial charge in [-0.15, -0.1) is 0 Å². The highest BCUT2D eigenvalue weighted by atomic mass is 35.5. The number of carbonyl (C=O) groups is 1. The van der Waals surface area contributed by atoms with Gasteiger partial charge >= 0.3 is 0 Å². The van der Waals surface area contributed by atoms with E-state index in [0.717, 1.165) is 18.8 Å². The summed E-state index contributed by atoms with van der Waals surface area (Å²) in [5, 5.41) is 8.86. The Kier molecular flexibility index (Phi) is 9.04. The molecule has 3 aromatic rings. The van der Waals surface area contributed by atoms with Crippen LogP contribution in [-0.4, -0.2) is 62.1 Å². The van der Waals surface area contributed by atoms with E-state index >= 15 is 0 Å². The van der Waals surface area contributed by atoms with Crippen LogP contribution < -0.4 is 25.6 Å². The standard InChI is InChI=1S/C25H29ClFN7O2/c1-6-23(35)30-18-14-19(21(36-5)15-20(18)34(4)13-12-33(2)3)31-25-28-11-10-22(32-25)29-17-9-7-8-16(26)24(17)27/h6-11,14-15H,1,12-13H2,2-5H3,(H,30,35)(H2,28,29,31,32). The Bertz CT molecular complexity index is 1240. The number of amides is 1. The van der Waals surface area contributed by atoms with E-state index in [0.29, 0.717) is 22.9 Å². The molecule has 1 aromatic heterocycles. The Balaban J connectivity index is 1.93. The van der Waals surface area contributed by atoms with Crippen molar-refractivity contribution in [3.63, 3.8) is 0 Å². The third-order valence-electron chi connectivity index (χ3n) is 5.17. The number of carbonyl (C=O) groups excluding carboxylic acids is 1. The highest BCUT2D eigenvalue weighted by Crippen LogP contribution is 2.38. The molecule has 0 aliphatic carbocycles. The van der Waals surface area contributed by atoms with Gasteiger partial charge in [0, 0.05) is 32.4 Å². The lowest BCUT2D eigenvalue weighted by Gasteiger charge is -2.26. The molecule has 190 valence electrons. The molecule has 3 N–H and O–H groups in total. The second kappa shape index (κ2) is 12.2. The van der Waals surface area contributed by atoms with Crippen LogP contribution in [0.4, 0.5) is 38.9 Å². The van der Waals surface area contributed by atoms with Crippen LogP contribution in [0.2, 0.25) is 5.02 Å². The van der Waals surface area contributed by atoms with Gasteiger partial charge in [0.1, 0.15) is 11.6 Å². The molecule has 0 radical (unpaired) electrons. The number of benzene rings is 2. The molecule has 0 aliphatic heterocycles. The van der Waals surface area contributed by atoms with Crippen LogP contribution in [0, 0.1) is 5.82 Å². The SMILES string of the molecule is C=CC(=O)Nc1cc(Nc2nccc(Nc3cccc(Cl)c3F)n2)c(OC)cc1N(C)CCN(C)C. The Morgan fingerprint density at radius 3 is 2.61 bits per heavy atom. The summed E-state index contributed by atoms with van der Waals surface area (Å²) >= 11 is 5.87. The summed E-state index contributed by atoms with van der Waals surface area (Å²) in [5.41, 5.74) is 2.03. The Labute approximate surface area is 214 Å². The number of halogens is 2. The lowest BCUT2D eigenvalue weighted by molar-refractivity contribution is -0.111. The monoisotopic (exact) mass is 513 g/mol. The van der Waals surface area contributed by atoms with Crippen LogP contribution in [0.1, 0.15) is 0 Å². The summed E-state index contributed by atoms with van der Waals surface area (Å²) < 4.78 is 19.9. The largest absolute Gasteiger partial charge is 0.494 e. The van der Waals surface area contributed by atoms with Crippen molar-refractivity contribution in [2.45, 2.75) is 0 Å². The third-order valence-corrected chi connectivity index (χ3v) is 5.46. The minimum Gasteiger partial charge on any atom is -0.494 e. The maximum absolute atomic E-state index is 14.3. The van der Waals surface area contributed by atoms with Gasteiger partial charge in [-0.3, -0.25) is 4.79 Å². The number of likely N-dealkylation sites (N-methyl/N-ethyl adjacent to an activating group) is 2. The second-order valence-electron chi connectivity index (χ2n) is 8.10. The summed E-state index contributed by atoms with van der Waals surface area (Å²) in [5.74, 6) is 0.175. The van der Waals surface area contributed by atoms with Gasteiger partial charge in [-0.2, -0.15) is 4.98 Å². The number of nitrogens with one attached hydrogen (secondary N) is 3. The van der Waals surface area contributed by atoms with Crippen LogP contribution in [0.15, 0.2) is 55.3 Å². The lowest BCUT2D eigenvalue weighted by atomic mass is 10.2. The zero-order chi connectivity index (χ0) is 26.2. The quantitative estimate of drug-likeness (QED) is 0.312. The van der Waals surface area contributed by atoms with Crippen molar-refractivity contribution in [3.05, 3.63) is 66.1 Å². The summed E-state index contributed by atoms with van der Waals surface area (Å²) in [4.78, 5) is 24.9. The van der Waals surface area contributed by atoms with Crippen molar-refractivity contribution in [2.24, 2.45) is 0 Å². The van der Waals surface area contributed by atoms with Crippen molar-refractivity contribution in [2.75, 3.05) is 62.2 Å². The van der Waals surface area contributed by atoms with Crippen LogP contribution in [0.25, 0.3) is 0 Å². The maximum Gasteiger partial charge on any atom is 0.247 e. The van der Waals surface area contributed by atoms with Gasteiger partial charge < -0.3 is 30.5 Å². The summed E-state index contributed by atoms with van der Waals surface area (Å²) in [6.07, 6.45) is 2.73. The summed E-state index contributed by atoms with van der Waals surface area (Å²) in [7, 11) is 7.46. The Morgan fingerprint density at radius 2 is 1.92 bits per heavy atom.